The van der Waals surface area contributed by atoms with Gasteiger partial charge in [-0.2, -0.15) is 0 Å². The van der Waals surface area contributed by atoms with Gasteiger partial charge < -0.3 is 15.0 Å². The van der Waals surface area contributed by atoms with E-state index in [1.54, 1.807) is 17.0 Å². The lowest BCUT2D eigenvalue weighted by Gasteiger charge is -2.23. The Morgan fingerprint density at radius 2 is 1.38 bits per heavy atom. The van der Waals surface area contributed by atoms with Gasteiger partial charge in [0, 0.05) is 20.0 Å². The Bertz CT molecular complexity index is 1110. The molecule has 0 aliphatic rings. The van der Waals surface area contributed by atoms with Gasteiger partial charge in [0.15, 0.2) is 6.61 Å². The molecular formula is C28H28N2O4. The number of esters is 1. The van der Waals surface area contributed by atoms with Gasteiger partial charge in [-0.3, -0.25) is 9.59 Å². The lowest BCUT2D eigenvalue weighted by atomic mass is 10.1. The Morgan fingerprint density at radius 3 is 1.97 bits per heavy atom. The van der Waals surface area contributed by atoms with Gasteiger partial charge in [0.2, 0.25) is 5.91 Å². The van der Waals surface area contributed by atoms with Gasteiger partial charge in [-0.15, -0.1) is 0 Å². The Balaban J connectivity index is 1.68. The van der Waals surface area contributed by atoms with E-state index in [4.69, 9.17) is 4.74 Å². The first-order valence-electron chi connectivity index (χ1n) is 11.1. The van der Waals surface area contributed by atoms with Crippen LogP contribution in [0.2, 0.25) is 0 Å². The normalized spacial score (nSPS) is 10.9. The minimum Gasteiger partial charge on any atom is -0.451 e. The van der Waals surface area contributed by atoms with Crippen molar-refractivity contribution in [2.75, 3.05) is 13.2 Å². The molecule has 0 radical (unpaired) electrons. The summed E-state index contributed by atoms with van der Waals surface area (Å²) in [6.45, 7) is 1.77. The number of nitrogens with zero attached hydrogens (tertiary/aromatic N) is 1. The molecule has 0 aliphatic carbocycles. The molecule has 6 nitrogen and oxygen atoms in total. The van der Waals surface area contributed by atoms with E-state index in [0.717, 1.165) is 16.7 Å². The molecule has 0 bridgehead atoms. The highest BCUT2D eigenvalue weighted by Crippen LogP contribution is 2.10. The third-order valence-electron chi connectivity index (χ3n) is 5.05. The van der Waals surface area contributed by atoms with Crippen LogP contribution < -0.4 is 5.32 Å². The monoisotopic (exact) mass is 456 g/mol. The predicted octanol–water partition coefficient (Wildman–Crippen LogP) is 3.98. The highest BCUT2D eigenvalue weighted by atomic mass is 16.5. The molecule has 0 spiro atoms. The lowest BCUT2D eigenvalue weighted by Crippen LogP contribution is -2.36. The summed E-state index contributed by atoms with van der Waals surface area (Å²) in [6.07, 6.45) is 2.20. The van der Waals surface area contributed by atoms with Crippen LogP contribution in [0.25, 0.3) is 6.08 Å². The Labute approximate surface area is 199 Å². The van der Waals surface area contributed by atoms with Crippen LogP contribution in [0.3, 0.4) is 0 Å². The van der Waals surface area contributed by atoms with Crippen molar-refractivity contribution in [3.8, 4) is 0 Å². The lowest BCUT2D eigenvalue weighted by molar-refractivity contribution is -0.149. The summed E-state index contributed by atoms with van der Waals surface area (Å²) in [5.74, 6) is -1.48. The van der Waals surface area contributed by atoms with Crippen LogP contribution in [0, 0.1) is 0 Å². The number of benzene rings is 3. The molecule has 3 aromatic rings. The number of hydrogen-bond donors (Lipinski definition) is 1. The zero-order valence-electron chi connectivity index (χ0n) is 19.1. The first kappa shape index (κ1) is 24.5. The molecule has 0 atom stereocenters. The summed E-state index contributed by atoms with van der Waals surface area (Å²) < 4.78 is 5.30. The van der Waals surface area contributed by atoms with Crippen molar-refractivity contribution < 1.29 is 19.1 Å². The SMILES string of the molecule is CC(=O)N/C(=C\c1ccccc1)C(=O)OCC(=O)N(CCc1ccccc1)Cc1ccccc1. The maximum atomic E-state index is 13.0. The van der Waals surface area contributed by atoms with Gasteiger partial charge >= 0.3 is 5.97 Å². The van der Waals surface area contributed by atoms with E-state index in [1.165, 1.54) is 13.0 Å². The minimum atomic E-state index is -0.768. The molecule has 0 saturated heterocycles. The Kier molecular flexibility index (Phi) is 9.17. The van der Waals surface area contributed by atoms with Gasteiger partial charge in [-0.25, -0.2) is 4.79 Å². The largest absolute Gasteiger partial charge is 0.451 e. The quantitative estimate of drug-likeness (QED) is 0.370. The smallest absolute Gasteiger partial charge is 0.355 e. The molecule has 3 aromatic carbocycles. The predicted molar refractivity (Wildman–Crippen MR) is 131 cm³/mol. The summed E-state index contributed by atoms with van der Waals surface area (Å²) in [5, 5.41) is 2.49. The maximum Gasteiger partial charge on any atom is 0.355 e. The molecule has 0 aliphatic heterocycles. The third-order valence-corrected chi connectivity index (χ3v) is 5.05. The van der Waals surface area contributed by atoms with Crippen molar-refractivity contribution in [1.29, 1.82) is 0 Å². The maximum absolute atomic E-state index is 13.0. The van der Waals surface area contributed by atoms with E-state index in [0.29, 0.717) is 19.5 Å². The molecule has 174 valence electrons. The molecule has 0 heterocycles. The Hall–Kier alpha value is -4.19. The van der Waals surface area contributed by atoms with Crippen LogP contribution in [0.1, 0.15) is 23.6 Å². The summed E-state index contributed by atoms with van der Waals surface area (Å²) in [6, 6.07) is 28.6. The van der Waals surface area contributed by atoms with Crippen molar-refractivity contribution in [3.63, 3.8) is 0 Å². The first-order chi connectivity index (χ1) is 16.5. The second-order valence-electron chi connectivity index (χ2n) is 7.76. The average molecular weight is 457 g/mol. The van der Waals surface area contributed by atoms with E-state index in [2.05, 4.69) is 5.32 Å². The number of carbonyl (C=O) groups excluding carboxylic acids is 3. The first-order valence-corrected chi connectivity index (χ1v) is 11.1. The van der Waals surface area contributed by atoms with Crippen LogP contribution in [-0.4, -0.2) is 35.8 Å². The average Bonchev–Trinajstić information content (AvgIpc) is 2.86. The standard InChI is InChI=1S/C28H28N2O4/c1-22(31)29-26(19-24-13-7-3-8-14-24)28(33)34-21-27(32)30(20-25-15-9-4-10-16-25)18-17-23-11-5-2-6-12-23/h2-16,19H,17-18,20-21H2,1H3,(H,29,31)/b26-19-. The van der Waals surface area contributed by atoms with E-state index in [1.807, 2.05) is 78.9 Å². The summed E-state index contributed by atoms with van der Waals surface area (Å²) >= 11 is 0. The number of nitrogens with one attached hydrogen (secondary N) is 1. The summed E-state index contributed by atoms with van der Waals surface area (Å²) in [5.41, 5.74) is 2.80. The second kappa shape index (κ2) is 12.7. The van der Waals surface area contributed by atoms with Crippen LogP contribution in [-0.2, 0) is 32.1 Å². The minimum absolute atomic E-state index is 0.0228. The van der Waals surface area contributed by atoms with Crippen LogP contribution in [0.5, 0.6) is 0 Å². The van der Waals surface area contributed by atoms with E-state index in [-0.39, 0.29) is 11.6 Å². The summed E-state index contributed by atoms with van der Waals surface area (Å²) in [7, 11) is 0. The van der Waals surface area contributed by atoms with Gasteiger partial charge in [-0.1, -0.05) is 91.0 Å². The van der Waals surface area contributed by atoms with E-state index < -0.39 is 18.5 Å². The van der Waals surface area contributed by atoms with E-state index in [9.17, 15) is 14.4 Å². The highest BCUT2D eigenvalue weighted by molar-refractivity contribution is 5.98. The van der Waals surface area contributed by atoms with Crippen LogP contribution in [0.4, 0.5) is 0 Å². The molecule has 0 saturated carbocycles. The van der Waals surface area contributed by atoms with Crippen molar-refractivity contribution in [3.05, 3.63) is 113 Å². The molecule has 0 fully saturated rings. The second-order valence-corrected chi connectivity index (χ2v) is 7.76. The van der Waals surface area contributed by atoms with Gasteiger partial charge in [0.25, 0.3) is 5.91 Å². The topological polar surface area (TPSA) is 75.7 Å². The molecule has 1 N–H and O–H groups in total. The third kappa shape index (κ3) is 8.06. The number of carbonyl (C=O) groups is 3. The fourth-order valence-electron chi connectivity index (χ4n) is 3.35. The molecule has 0 unspecified atom stereocenters. The molecule has 3 rings (SSSR count). The number of ether oxygens (including phenoxy) is 1. The number of amides is 2. The zero-order valence-corrected chi connectivity index (χ0v) is 19.1. The molecule has 0 aromatic heterocycles. The van der Waals surface area contributed by atoms with Crippen LogP contribution in [0.15, 0.2) is 96.7 Å². The number of rotatable bonds is 10. The molecule has 6 heteroatoms. The Morgan fingerprint density at radius 1 is 0.824 bits per heavy atom. The van der Waals surface area contributed by atoms with Crippen molar-refractivity contribution in [2.45, 2.75) is 19.9 Å². The van der Waals surface area contributed by atoms with Crippen molar-refractivity contribution >= 4 is 23.9 Å². The van der Waals surface area contributed by atoms with Gasteiger partial charge in [0.1, 0.15) is 5.70 Å². The van der Waals surface area contributed by atoms with Crippen LogP contribution >= 0.6 is 0 Å². The highest BCUT2D eigenvalue weighted by Gasteiger charge is 2.19. The van der Waals surface area contributed by atoms with Crippen molar-refractivity contribution in [1.82, 2.24) is 10.2 Å². The molecular weight excluding hydrogens is 428 g/mol. The summed E-state index contributed by atoms with van der Waals surface area (Å²) in [4.78, 5) is 38.9. The van der Waals surface area contributed by atoms with Gasteiger partial charge in [-0.05, 0) is 29.2 Å². The fourth-order valence-corrected chi connectivity index (χ4v) is 3.35. The van der Waals surface area contributed by atoms with E-state index >= 15 is 0 Å². The van der Waals surface area contributed by atoms with Crippen molar-refractivity contribution in [2.24, 2.45) is 0 Å². The molecule has 34 heavy (non-hydrogen) atoms. The molecule has 2 amide bonds. The fraction of sp³-hybridized carbons (Fsp3) is 0.179. The van der Waals surface area contributed by atoms with Gasteiger partial charge in [0.05, 0.1) is 0 Å². The zero-order chi connectivity index (χ0) is 24.2. The number of hydrogen-bond acceptors (Lipinski definition) is 4.